The number of para-hydroxylation sites is 1. The van der Waals surface area contributed by atoms with Crippen LogP contribution in [0.3, 0.4) is 0 Å². The number of aromatic nitrogens is 3. The minimum absolute atomic E-state index is 0.00732. The quantitative estimate of drug-likeness (QED) is 0.0230. The zero-order valence-corrected chi connectivity index (χ0v) is 44.3. The summed E-state index contributed by atoms with van der Waals surface area (Å²) in [4.78, 5) is 131. The van der Waals surface area contributed by atoms with Crippen LogP contribution in [0.25, 0.3) is 10.9 Å². The molecule has 4 heterocycles. The number of hydrogen-bond donors (Lipinski definition) is 13. The molecule has 3 aromatic carbocycles. The molecule has 0 radical (unpaired) electrons. The van der Waals surface area contributed by atoms with Gasteiger partial charge < -0.3 is 74.8 Å². The first-order valence-corrected chi connectivity index (χ1v) is 27.7. The van der Waals surface area contributed by atoms with Crippen LogP contribution in [0, 0.1) is 0 Å². The summed E-state index contributed by atoms with van der Waals surface area (Å²) in [6, 6.07) is 12.6. The number of nitrogens with two attached hydrogens (primary N) is 4. The molecule has 0 saturated carbocycles. The van der Waals surface area contributed by atoms with Crippen molar-refractivity contribution in [1.82, 2.24) is 51.8 Å². The first kappa shape index (κ1) is 57.8. The van der Waals surface area contributed by atoms with E-state index in [2.05, 4.69) is 51.8 Å². The lowest BCUT2D eigenvalue weighted by Gasteiger charge is -2.39. The van der Waals surface area contributed by atoms with Crippen molar-refractivity contribution >= 4 is 85.7 Å². The molecular weight excluding hydrogens is 1040 g/mol. The number of imidazole rings is 1. The summed E-state index contributed by atoms with van der Waals surface area (Å²) in [5.41, 5.74) is 27.3. The van der Waals surface area contributed by atoms with Crippen LogP contribution in [0.2, 0.25) is 0 Å². The number of aromatic amines is 2. The van der Waals surface area contributed by atoms with E-state index in [9.17, 15) is 38.7 Å². The zero-order valence-electron chi connectivity index (χ0n) is 42.7. The highest BCUT2D eigenvalue weighted by atomic mass is 33.1. The van der Waals surface area contributed by atoms with E-state index in [1.54, 1.807) is 48.7 Å². The number of aliphatic hydroxyl groups excluding tert-OH is 1. The Morgan fingerprint density at radius 1 is 0.808 bits per heavy atom. The molecule has 0 bridgehead atoms. The number of H-pyrrole nitrogens is 2. The summed E-state index contributed by atoms with van der Waals surface area (Å²) in [5, 5.41) is 27.5. The number of fused-ring (bicyclic) bond motifs is 3. The van der Waals surface area contributed by atoms with Gasteiger partial charge in [0, 0.05) is 72.8 Å². The lowest BCUT2D eigenvalue weighted by Crippen LogP contribution is -2.62. The van der Waals surface area contributed by atoms with E-state index in [-0.39, 0.29) is 69.1 Å². The van der Waals surface area contributed by atoms with Crippen LogP contribution in [-0.4, -0.2) is 151 Å². The predicted octanol–water partition coefficient (Wildman–Crippen LogP) is -1.58. The van der Waals surface area contributed by atoms with E-state index in [0.29, 0.717) is 11.3 Å². The van der Waals surface area contributed by atoms with Gasteiger partial charge in [0.05, 0.1) is 18.5 Å². The number of guanidine groups is 1. The van der Waals surface area contributed by atoms with Crippen molar-refractivity contribution in [3.05, 3.63) is 126 Å². The fourth-order valence-electron chi connectivity index (χ4n) is 9.11. The number of benzene rings is 3. The summed E-state index contributed by atoms with van der Waals surface area (Å²) < 4.78 is 0. The average molecular weight is 1110 g/mol. The van der Waals surface area contributed by atoms with Gasteiger partial charge in [-0.1, -0.05) is 94.4 Å². The number of rotatable bonds is 16. The minimum atomic E-state index is -1.58. The normalized spacial score (nSPS) is 21.9. The molecule has 2 aromatic heterocycles. The molecule has 1 saturated heterocycles. The van der Waals surface area contributed by atoms with E-state index in [1.807, 2.05) is 36.4 Å². The molecule has 5 aromatic rings. The van der Waals surface area contributed by atoms with Crippen molar-refractivity contribution in [3.63, 3.8) is 0 Å². The van der Waals surface area contributed by atoms with Gasteiger partial charge in [-0.2, -0.15) is 0 Å². The molecule has 0 unspecified atom stereocenters. The fraction of sp³-hybridized carbons (Fsp3) is 0.385. The number of carbonyl (C=O) groups excluding carboxylic acids is 8. The molecule has 2 aliphatic rings. The molecule has 0 spiro atoms. The number of nitrogens with zero attached hydrogens (tertiary/aromatic N) is 3. The van der Waals surface area contributed by atoms with Crippen molar-refractivity contribution in [2.75, 3.05) is 18.1 Å². The average Bonchev–Trinajstić information content (AvgIpc) is 4.16. The van der Waals surface area contributed by atoms with E-state index < -0.39 is 102 Å². The van der Waals surface area contributed by atoms with Gasteiger partial charge in [-0.3, -0.25) is 43.3 Å². The number of primary amides is 1. The lowest BCUT2D eigenvalue weighted by molar-refractivity contribution is -0.145. The van der Waals surface area contributed by atoms with Crippen molar-refractivity contribution < 1.29 is 43.5 Å². The Kier molecular flexibility index (Phi) is 20.3. The van der Waals surface area contributed by atoms with Crippen LogP contribution >= 0.6 is 21.6 Å². The zero-order chi connectivity index (χ0) is 55.9. The maximum Gasteiger partial charge on any atom is 0.246 e. The molecule has 17 N–H and O–H groups in total. The van der Waals surface area contributed by atoms with E-state index >= 15 is 4.79 Å². The number of carbonyl (C=O) groups is 8. The van der Waals surface area contributed by atoms with Crippen LogP contribution in [0.15, 0.2) is 103 Å². The summed E-state index contributed by atoms with van der Waals surface area (Å²) >= 11 is 0. The molecule has 8 amide bonds. The van der Waals surface area contributed by atoms with Gasteiger partial charge in [0.25, 0.3) is 0 Å². The molecule has 26 heteroatoms. The highest BCUT2D eigenvalue weighted by Crippen LogP contribution is 2.27. The third-order valence-corrected chi connectivity index (χ3v) is 15.7. The predicted molar refractivity (Wildman–Crippen MR) is 294 cm³/mol. The van der Waals surface area contributed by atoms with Gasteiger partial charge in [0.2, 0.25) is 47.3 Å². The van der Waals surface area contributed by atoms with Crippen molar-refractivity contribution in [2.24, 2.45) is 27.9 Å². The van der Waals surface area contributed by atoms with E-state index in [1.165, 1.54) is 24.3 Å². The first-order chi connectivity index (χ1) is 37.4. The van der Waals surface area contributed by atoms with E-state index in [0.717, 1.165) is 49.2 Å². The Bertz CT molecular complexity index is 2960. The number of aliphatic imine (C=N–C) groups is 1. The summed E-state index contributed by atoms with van der Waals surface area (Å²) in [5.74, 6) is -7.16. The Hall–Kier alpha value is -7.94. The van der Waals surface area contributed by atoms with Crippen LogP contribution in [0.5, 0.6) is 0 Å². The molecule has 78 heavy (non-hydrogen) atoms. The van der Waals surface area contributed by atoms with Crippen LogP contribution in [0.1, 0.15) is 47.7 Å². The van der Waals surface area contributed by atoms with Gasteiger partial charge in [-0.05, 0) is 54.5 Å². The maximum absolute atomic E-state index is 15.3. The molecular formula is C52H65N15O9S2. The topological polar surface area (TPSA) is 393 Å². The minimum Gasteiger partial charge on any atom is -0.391 e. The second-order valence-corrected chi connectivity index (χ2v) is 21.6. The van der Waals surface area contributed by atoms with E-state index in [4.69, 9.17) is 22.9 Å². The Morgan fingerprint density at radius 3 is 2.21 bits per heavy atom. The van der Waals surface area contributed by atoms with Crippen molar-refractivity contribution in [3.8, 4) is 0 Å². The lowest BCUT2D eigenvalue weighted by atomic mass is 9.92. The molecule has 9 atom stereocenters. The van der Waals surface area contributed by atoms with Gasteiger partial charge in [-0.15, -0.1) is 0 Å². The van der Waals surface area contributed by atoms with Crippen LogP contribution < -0.4 is 54.8 Å². The standard InChI is InChI=1S/C52H65N15O9S2/c1-28(68)43(44(54)69)66-49(74)41-26-78-77-25-40(64-45(70)35(53)18-29-10-3-2-4-11-29)48(73)63-39(21-33-23-57-27-60-33)51(76)67-24-31-13-6-5-12-30(31)20-42(67)50(75)61-37(16-9-17-58-52(55)56)46(71)62-38(47(72)65-41)19-32-22-59-36-15-8-7-14-34(32)36/h2-8,10-15,22-23,27-28,35,37-43,59,68H,9,16-21,24-26,53H2,1H3,(H2,54,69)(H,57,60)(H,61,75)(H,62,71)(H,63,73)(H,64,70)(H,65,72)(H,66,74)(H4,55,56,58)/t28-,35-,37-,38+,39-,40-,41+,42-,43+/m0/s1. The second kappa shape index (κ2) is 27.4. The fourth-order valence-corrected chi connectivity index (χ4v) is 11.4. The number of nitrogens with one attached hydrogen (secondary N) is 8. The highest BCUT2D eigenvalue weighted by molar-refractivity contribution is 8.76. The summed E-state index contributed by atoms with van der Waals surface area (Å²) in [6.45, 7) is 1.24. The maximum atomic E-state index is 15.3. The van der Waals surface area contributed by atoms with Gasteiger partial charge >= 0.3 is 0 Å². The monoisotopic (exact) mass is 1110 g/mol. The molecule has 1 fully saturated rings. The molecule has 414 valence electrons. The number of amides is 8. The van der Waals surface area contributed by atoms with Gasteiger partial charge in [-0.25, -0.2) is 4.98 Å². The Morgan fingerprint density at radius 2 is 1.49 bits per heavy atom. The highest BCUT2D eigenvalue weighted by Gasteiger charge is 2.41. The molecule has 0 aliphatic carbocycles. The first-order valence-electron chi connectivity index (χ1n) is 25.2. The third-order valence-electron chi connectivity index (χ3n) is 13.3. The smallest absolute Gasteiger partial charge is 0.246 e. The Balaban J connectivity index is 1.30. The van der Waals surface area contributed by atoms with Crippen LogP contribution in [0.4, 0.5) is 0 Å². The SMILES string of the molecule is C[C@H](O)[C@@H](NC(=O)[C@H]1CSSC[C@H](NC(=O)[C@@H](N)Cc2ccccc2)C(=O)N[C@@H](Cc2cnc[nH]2)C(=O)N2Cc3ccccc3C[C@H]2C(=O)N[C@@H](CCCN=C(N)N)C(=O)N[C@H](Cc2c[nH]c3ccccc23)C(=O)N1)C(N)=O. The number of aliphatic hydroxyl groups is 1. The third kappa shape index (κ3) is 15.6. The Labute approximate surface area is 457 Å². The van der Waals surface area contributed by atoms with Gasteiger partial charge in [0.15, 0.2) is 5.96 Å². The van der Waals surface area contributed by atoms with Crippen molar-refractivity contribution in [1.29, 1.82) is 0 Å². The summed E-state index contributed by atoms with van der Waals surface area (Å²) in [6.07, 6.45) is 3.10. The van der Waals surface area contributed by atoms with Crippen molar-refractivity contribution in [2.45, 2.75) is 106 Å². The van der Waals surface area contributed by atoms with Gasteiger partial charge in [0.1, 0.15) is 42.3 Å². The second-order valence-electron chi connectivity index (χ2n) is 19.0. The molecule has 2 aliphatic heterocycles. The largest absolute Gasteiger partial charge is 0.391 e. The summed E-state index contributed by atoms with van der Waals surface area (Å²) in [7, 11) is 2.04. The molecule has 24 nitrogen and oxygen atoms in total. The number of hydrogen-bond acceptors (Lipinski definition) is 14. The van der Waals surface area contributed by atoms with Crippen LogP contribution in [-0.2, 0) is 70.6 Å². The molecule has 7 rings (SSSR count).